The minimum atomic E-state index is -0.184. The van der Waals surface area contributed by atoms with Crippen molar-refractivity contribution in [3.8, 4) is 11.5 Å². The van der Waals surface area contributed by atoms with Crippen molar-refractivity contribution >= 4 is 23.2 Å². The van der Waals surface area contributed by atoms with Gasteiger partial charge in [0.05, 0.1) is 10.0 Å². The molecule has 0 saturated carbocycles. The van der Waals surface area contributed by atoms with E-state index >= 15 is 0 Å². The van der Waals surface area contributed by atoms with Crippen LogP contribution >= 0.6 is 23.2 Å². The van der Waals surface area contributed by atoms with Gasteiger partial charge in [0, 0.05) is 6.04 Å². The number of rotatable bonds is 3. The first-order valence-corrected chi connectivity index (χ1v) is 7.49. The highest BCUT2D eigenvalue weighted by Crippen LogP contribution is 2.34. The van der Waals surface area contributed by atoms with E-state index in [1.165, 1.54) is 0 Å². The Kier molecular flexibility index (Phi) is 4.24. The molecule has 21 heavy (non-hydrogen) atoms. The quantitative estimate of drug-likeness (QED) is 0.928. The molecule has 0 spiro atoms. The molecule has 3 rings (SSSR count). The average molecular weight is 324 g/mol. The Morgan fingerprint density at radius 2 is 1.81 bits per heavy atom. The van der Waals surface area contributed by atoms with Gasteiger partial charge in [0.15, 0.2) is 11.5 Å². The minimum absolute atomic E-state index is 0.184. The Bertz CT molecular complexity index is 661. The summed E-state index contributed by atoms with van der Waals surface area (Å²) in [6.45, 7) is 1.14. The molecule has 0 amide bonds. The van der Waals surface area contributed by atoms with Crippen molar-refractivity contribution in [2.75, 3.05) is 13.2 Å². The van der Waals surface area contributed by atoms with Crippen LogP contribution in [-0.4, -0.2) is 13.2 Å². The van der Waals surface area contributed by atoms with Crippen LogP contribution in [0.5, 0.6) is 11.5 Å². The largest absolute Gasteiger partial charge is 0.486 e. The molecule has 0 aromatic heterocycles. The Labute approximate surface area is 133 Å². The number of benzene rings is 2. The highest BCUT2D eigenvalue weighted by Gasteiger charge is 2.16. The van der Waals surface area contributed by atoms with E-state index in [0.29, 0.717) is 29.7 Å². The molecule has 0 saturated heterocycles. The summed E-state index contributed by atoms with van der Waals surface area (Å²) in [5.41, 5.74) is 8.20. The van der Waals surface area contributed by atoms with E-state index in [1.54, 1.807) is 6.07 Å². The Morgan fingerprint density at radius 1 is 1.05 bits per heavy atom. The molecule has 1 aliphatic rings. The fourth-order valence-corrected chi connectivity index (χ4v) is 2.75. The molecule has 0 radical (unpaired) electrons. The normalized spacial score (nSPS) is 14.8. The second-order valence-corrected chi connectivity index (χ2v) is 5.71. The van der Waals surface area contributed by atoms with Gasteiger partial charge in [0.25, 0.3) is 0 Å². The molecule has 1 aliphatic heterocycles. The monoisotopic (exact) mass is 323 g/mol. The van der Waals surface area contributed by atoms with Crippen LogP contribution < -0.4 is 15.2 Å². The first kappa shape index (κ1) is 14.5. The zero-order valence-corrected chi connectivity index (χ0v) is 12.8. The molecule has 110 valence electrons. The van der Waals surface area contributed by atoms with Gasteiger partial charge in [-0.25, -0.2) is 0 Å². The fourth-order valence-electron chi connectivity index (χ4n) is 2.35. The van der Waals surface area contributed by atoms with Crippen LogP contribution in [-0.2, 0) is 6.42 Å². The third-order valence-electron chi connectivity index (χ3n) is 3.47. The maximum atomic E-state index is 6.28. The van der Waals surface area contributed by atoms with Gasteiger partial charge in [-0.05, 0) is 35.7 Å². The minimum Gasteiger partial charge on any atom is -0.486 e. The Morgan fingerprint density at radius 3 is 2.62 bits per heavy atom. The summed E-state index contributed by atoms with van der Waals surface area (Å²) < 4.78 is 11.1. The first-order chi connectivity index (χ1) is 10.1. The molecule has 1 atom stereocenters. The van der Waals surface area contributed by atoms with Crippen LogP contribution in [0.2, 0.25) is 10.0 Å². The molecule has 0 aliphatic carbocycles. The average Bonchev–Trinajstić information content (AvgIpc) is 2.51. The van der Waals surface area contributed by atoms with Gasteiger partial charge in [-0.1, -0.05) is 41.4 Å². The number of nitrogens with two attached hydrogens (primary N) is 1. The zero-order chi connectivity index (χ0) is 14.8. The van der Waals surface area contributed by atoms with Crippen LogP contribution in [0.15, 0.2) is 36.4 Å². The zero-order valence-electron chi connectivity index (χ0n) is 11.3. The van der Waals surface area contributed by atoms with Crippen molar-refractivity contribution in [3.63, 3.8) is 0 Å². The van der Waals surface area contributed by atoms with Crippen molar-refractivity contribution in [3.05, 3.63) is 57.6 Å². The second kappa shape index (κ2) is 6.14. The molecule has 2 aromatic rings. The van der Waals surface area contributed by atoms with Crippen molar-refractivity contribution in [1.82, 2.24) is 0 Å². The van der Waals surface area contributed by atoms with E-state index in [4.69, 9.17) is 38.4 Å². The Balaban J connectivity index is 1.82. The standard InChI is InChI=1S/C16H15Cl2NO2/c17-12-3-1-2-11(16(12)18)8-13(19)10-4-5-14-15(9-10)21-7-6-20-14/h1-5,9,13H,6-8,19H2. The van der Waals surface area contributed by atoms with Gasteiger partial charge in [0.2, 0.25) is 0 Å². The number of halogens is 2. The summed E-state index contributed by atoms with van der Waals surface area (Å²) in [5, 5.41) is 1.11. The summed E-state index contributed by atoms with van der Waals surface area (Å²) in [6, 6.07) is 11.2. The molecule has 3 nitrogen and oxygen atoms in total. The lowest BCUT2D eigenvalue weighted by Gasteiger charge is -2.21. The van der Waals surface area contributed by atoms with E-state index < -0.39 is 0 Å². The predicted octanol–water partition coefficient (Wildman–Crippen LogP) is 4.01. The van der Waals surface area contributed by atoms with Gasteiger partial charge in [0.1, 0.15) is 13.2 Å². The van der Waals surface area contributed by atoms with Crippen molar-refractivity contribution in [1.29, 1.82) is 0 Å². The maximum Gasteiger partial charge on any atom is 0.161 e. The van der Waals surface area contributed by atoms with Gasteiger partial charge in [-0.3, -0.25) is 0 Å². The number of hydrogen-bond donors (Lipinski definition) is 1. The fraction of sp³-hybridized carbons (Fsp3) is 0.250. The molecule has 2 aromatic carbocycles. The van der Waals surface area contributed by atoms with Gasteiger partial charge >= 0.3 is 0 Å². The van der Waals surface area contributed by atoms with Gasteiger partial charge < -0.3 is 15.2 Å². The van der Waals surface area contributed by atoms with Crippen molar-refractivity contribution in [2.24, 2.45) is 5.73 Å². The molecule has 0 bridgehead atoms. The van der Waals surface area contributed by atoms with E-state index in [0.717, 1.165) is 22.6 Å². The maximum absolute atomic E-state index is 6.28. The molecule has 5 heteroatoms. The smallest absolute Gasteiger partial charge is 0.161 e. The molecular weight excluding hydrogens is 309 g/mol. The number of ether oxygens (including phenoxy) is 2. The molecule has 1 heterocycles. The number of hydrogen-bond acceptors (Lipinski definition) is 3. The van der Waals surface area contributed by atoms with E-state index in [-0.39, 0.29) is 6.04 Å². The van der Waals surface area contributed by atoms with Gasteiger partial charge in [-0.2, -0.15) is 0 Å². The highest BCUT2D eigenvalue weighted by molar-refractivity contribution is 6.42. The third kappa shape index (κ3) is 3.10. The van der Waals surface area contributed by atoms with Crippen molar-refractivity contribution in [2.45, 2.75) is 12.5 Å². The lowest BCUT2D eigenvalue weighted by molar-refractivity contribution is 0.171. The SMILES string of the molecule is NC(Cc1cccc(Cl)c1Cl)c1ccc2c(c1)OCCO2. The summed E-state index contributed by atoms with van der Waals surface area (Å²) in [5.74, 6) is 1.50. The summed E-state index contributed by atoms with van der Waals surface area (Å²) in [4.78, 5) is 0. The topological polar surface area (TPSA) is 44.5 Å². The van der Waals surface area contributed by atoms with E-state index in [2.05, 4.69) is 0 Å². The first-order valence-electron chi connectivity index (χ1n) is 6.73. The third-order valence-corrected chi connectivity index (χ3v) is 4.32. The van der Waals surface area contributed by atoms with Crippen LogP contribution in [0.3, 0.4) is 0 Å². The van der Waals surface area contributed by atoms with E-state index in [9.17, 15) is 0 Å². The van der Waals surface area contributed by atoms with Crippen LogP contribution in [0, 0.1) is 0 Å². The molecule has 1 unspecified atom stereocenters. The van der Waals surface area contributed by atoms with E-state index in [1.807, 2.05) is 30.3 Å². The lowest BCUT2D eigenvalue weighted by atomic mass is 9.99. The van der Waals surface area contributed by atoms with Crippen LogP contribution in [0.25, 0.3) is 0 Å². The summed E-state index contributed by atoms with van der Waals surface area (Å²) >= 11 is 12.2. The van der Waals surface area contributed by atoms with Crippen molar-refractivity contribution < 1.29 is 9.47 Å². The highest BCUT2D eigenvalue weighted by atomic mass is 35.5. The van der Waals surface area contributed by atoms with Gasteiger partial charge in [-0.15, -0.1) is 0 Å². The molecular formula is C16H15Cl2NO2. The summed E-state index contributed by atoms with van der Waals surface area (Å²) in [7, 11) is 0. The Hall–Kier alpha value is -1.42. The molecule has 0 fully saturated rings. The van der Waals surface area contributed by atoms with Crippen LogP contribution in [0.1, 0.15) is 17.2 Å². The molecule has 2 N–H and O–H groups in total. The number of fused-ring (bicyclic) bond motifs is 1. The summed E-state index contributed by atoms with van der Waals surface area (Å²) in [6.07, 6.45) is 0.610. The second-order valence-electron chi connectivity index (χ2n) is 4.93. The lowest BCUT2D eigenvalue weighted by Crippen LogP contribution is -2.17. The predicted molar refractivity (Wildman–Crippen MR) is 84.5 cm³/mol. The van der Waals surface area contributed by atoms with Crippen LogP contribution in [0.4, 0.5) is 0 Å².